The molecular weight excluding hydrogens is 254 g/mol. The van der Waals surface area contributed by atoms with Crippen LogP contribution in [0.25, 0.3) is 0 Å². The zero-order chi connectivity index (χ0) is 14.6. The van der Waals surface area contributed by atoms with Crippen molar-refractivity contribution in [1.82, 2.24) is 15.3 Å². The third-order valence-electron chi connectivity index (χ3n) is 3.01. The molecule has 1 aromatic heterocycles. The van der Waals surface area contributed by atoms with Gasteiger partial charge >= 0.3 is 0 Å². The number of rotatable bonds is 5. The molecule has 0 bridgehead atoms. The Morgan fingerprint density at radius 3 is 2.11 bits per heavy atom. The van der Waals surface area contributed by atoms with Gasteiger partial charge in [-0.1, -0.05) is 27.7 Å². The van der Waals surface area contributed by atoms with Crippen molar-refractivity contribution in [2.45, 2.75) is 58.0 Å². The van der Waals surface area contributed by atoms with Gasteiger partial charge in [-0.25, -0.2) is 9.97 Å². The summed E-state index contributed by atoms with van der Waals surface area (Å²) in [5.41, 5.74) is 3.54. The van der Waals surface area contributed by atoms with E-state index in [1.165, 1.54) is 5.56 Å². The van der Waals surface area contributed by atoms with Crippen molar-refractivity contribution in [2.24, 2.45) is 0 Å². The normalized spacial score (nSPS) is 13.6. The minimum absolute atomic E-state index is 0.253. The Kier molecular flexibility index (Phi) is 5.81. The van der Waals surface area contributed by atoms with Crippen LogP contribution in [0.4, 0.5) is 0 Å². The van der Waals surface area contributed by atoms with E-state index in [0.717, 1.165) is 29.5 Å². The monoisotopic (exact) mass is 281 g/mol. The number of likely N-dealkylation sites (N-methyl/N-ethyl adjacent to an activating group) is 1. The van der Waals surface area contributed by atoms with Crippen LogP contribution in [0, 0.1) is 13.8 Å². The maximum atomic E-state index is 4.68. The van der Waals surface area contributed by atoms with Gasteiger partial charge in [0.1, 0.15) is 5.82 Å². The lowest BCUT2D eigenvalue weighted by molar-refractivity contribution is 0.660. The van der Waals surface area contributed by atoms with Gasteiger partial charge < -0.3 is 5.32 Å². The molecule has 0 aliphatic carbocycles. The molecular formula is C15H27N3S. The highest BCUT2D eigenvalue weighted by Crippen LogP contribution is 2.27. The van der Waals surface area contributed by atoms with E-state index in [1.807, 2.05) is 18.8 Å². The average Bonchev–Trinajstić information content (AvgIpc) is 2.25. The minimum atomic E-state index is 0.253. The summed E-state index contributed by atoms with van der Waals surface area (Å²) >= 11 is 1.89. The third kappa shape index (κ3) is 5.11. The van der Waals surface area contributed by atoms with Gasteiger partial charge in [-0.2, -0.15) is 0 Å². The standard InChI is InChI=1S/C15H27N3S/c1-10(8-16-7)14-11(2)17-13(18-12(14)3)9-19-15(4,5)6/h10,16H,8-9H2,1-7H3. The molecule has 1 aromatic rings. The van der Waals surface area contributed by atoms with E-state index < -0.39 is 0 Å². The first-order chi connectivity index (χ1) is 8.74. The van der Waals surface area contributed by atoms with Crippen LogP contribution >= 0.6 is 11.8 Å². The van der Waals surface area contributed by atoms with Gasteiger partial charge in [0.05, 0.1) is 5.75 Å². The molecule has 108 valence electrons. The van der Waals surface area contributed by atoms with E-state index in [-0.39, 0.29) is 4.75 Å². The number of nitrogens with zero attached hydrogens (tertiary/aromatic N) is 2. The maximum Gasteiger partial charge on any atom is 0.138 e. The van der Waals surface area contributed by atoms with Crippen molar-refractivity contribution in [3.8, 4) is 0 Å². The minimum Gasteiger partial charge on any atom is -0.319 e. The molecule has 1 heterocycles. The summed E-state index contributed by atoms with van der Waals surface area (Å²) in [7, 11) is 1.98. The molecule has 3 nitrogen and oxygen atoms in total. The lowest BCUT2D eigenvalue weighted by Gasteiger charge is -2.19. The SMILES string of the molecule is CNCC(C)c1c(C)nc(CSC(C)(C)C)nc1C. The fourth-order valence-corrected chi connectivity index (χ4v) is 2.95. The molecule has 1 rings (SSSR count). The first-order valence-corrected chi connectivity index (χ1v) is 7.85. The van der Waals surface area contributed by atoms with Crippen LogP contribution in [-0.2, 0) is 5.75 Å². The quantitative estimate of drug-likeness (QED) is 0.897. The molecule has 1 unspecified atom stereocenters. The highest BCUT2D eigenvalue weighted by atomic mass is 32.2. The first kappa shape index (κ1) is 16.4. The van der Waals surface area contributed by atoms with E-state index in [9.17, 15) is 0 Å². The molecule has 4 heteroatoms. The molecule has 1 atom stereocenters. The van der Waals surface area contributed by atoms with Crippen molar-refractivity contribution < 1.29 is 0 Å². The van der Waals surface area contributed by atoms with Gasteiger partial charge in [-0.05, 0) is 32.4 Å². The van der Waals surface area contributed by atoms with Gasteiger partial charge in [0.2, 0.25) is 0 Å². The fourth-order valence-electron chi connectivity index (χ4n) is 2.26. The van der Waals surface area contributed by atoms with Gasteiger partial charge in [0, 0.05) is 22.7 Å². The zero-order valence-electron chi connectivity index (χ0n) is 13.3. The molecule has 0 aliphatic rings. The summed E-state index contributed by atoms with van der Waals surface area (Å²) in [6.45, 7) is 14.0. The Morgan fingerprint density at radius 2 is 1.68 bits per heavy atom. The largest absolute Gasteiger partial charge is 0.319 e. The van der Waals surface area contributed by atoms with Crippen LogP contribution in [0.15, 0.2) is 0 Å². The molecule has 0 radical (unpaired) electrons. The van der Waals surface area contributed by atoms with Crippen molar-refractivity contribution in [3.05, 3.63) is 22.8 Å². The maximum absolute atomic E-state index is 4.68. The lowest BCUT2D eigenvalue weighted by atomic mass is 9.98. The van der Waals surface area contributed by atoms with Crippen molar-refractivity contribution >= 4 is 11.8 Å². The third-order valence-corrected chi connectivity index (χ3v) is 4.28. The Balaban J connectivity index is 2.90. The van der Waals surface area contributed by atoms with E-state index in [0.29, 0.717) is 5.92 Å². The van der Waals surface area contributed by atoms with Gasteiger partial charge in [0.15, 0.2) is 0 Å². The average molecular weight is 281 g/mol. The topological polar surface area (TPSA) is 37.8 Å². The van der Waals surface area contributed by atoms with Gasteiger partial charge in [-0.15, -0.1) is 11.8 Å². The summed E-state index contributed by atoms with van der Waals surface area (Å²) in [5, 5.41) is 3.22. The number of aromatic nitrogens is 2. The molecule has 0 saturated carbocycles. The molecule has 0 aromatic carbocycles. The number of thioether (sulfide) groups is 1. The number of hydrogen-bond acceptors (Lipinski definition) is 4. The molecule has 0 fully saturated rings. The van der Waals surface area contributed by atoms with Crippen LogP contribution in [0.5, 0.6) is 0 Å². The van der Waals surface area contributed by atoms with Crippen LogP contribution < -0.4 is 5.32 Å². The van der Waals surface area contributed by atoms with Crippen molar-refractivity contribution in [3.63, 3.8) is 0 Å². The Bertz CT molecular complexity index is 401. The fraction of sp³-hybridized carbons (Fsp3) is 0.733. The van der Waals surface area contributed by atoms with Crippen LogP contribution in [0.1, 0.15) is 56.4 Å². The zero-order valence-corrected chi connectivity index (χ0v) is 14.1. The summed E-state index contributed by atoms with van der Waals surface area (Å²) in [4.78, 5) is 9.36. The van der Waals surface area contributed by atoms with Crippen molar-refractivity contribution in [2.75, 3.05) is 13.6 Å². The number of nitrogens with one attached hydrogen (secondary N) is 1. The molecule has 19 heavy (non-hydrogen) atoms. The van der Waals surface area contributed by atoms with E-state index >= 15 is 0 Å². The lowest BCUT2D eigenvalue weighted by Crippen LogP contribution is -2.18. The van der Waals surface area contributed by atoms with E-state index in [1.54, 1.807) is 0 Å². The summed E-state index contributed by atoms with van der Waals surface area (Å²) in [6, 6.07) is 0. The second kappa shape index (κ2) is 6.71. The second-order valence-corrected chi connectivity index (χ2v) is 7.89. The molecule has 1 N–H and O–H groups in total. The first-order valence-electron chi connectivity index (χ1n) is 6.87. The smallest absolute Gasteiger partial charge is 0.138 e. The van der Waals surface area contributed by atoms with Crippen LogP contribution in [0.3, 0.4) is 0 Å². The van der Waals surface area contributed by atoms with Crippen LogP contribution in [-0.4, -0.2) is 28.3 Å². The van der Waals surface area contributed by atoms with Gasteiger partial charge in [0.25, 0.3) is 0 Å². The summed E-state index contributed by atoms with van der Waals surface area (Å²) in [5.74, 6) is 2.29. The Morgan fingerprint density at radius 1 is 1.16 bits per heavy atom. The van der Waals surface area contributed by atoms with E-state index in [2.05, 4.69) is 56.8 Å². The predicted molar refractivity (Wildman–Crippen MR) is 84.9 cm³/mol. The van der Waals surface area contributed by atoms with E-state index in [4.69, 9.17) is 0 Å². The second-order valence-electron chi connectivity index (χ2n) is 6.08. The highest BCUT2D eigenvalue weighted by molar-refractivity contribution is 7.99. The molecule has 0 saturated heterocycles. The van der Waals surface area contributed by atoms with Gasteiger partial charge in [-0.3, -0.25) is 0 Å². The number of hydrogen-bond donors (Lipinski definition) is 1. The summed E-state index contributed by atoms with van der Waals surface area (Å²) in [6.07, 6.45) is 0. The summed E-state index contributed by atoms with van der Waals surface area (Å²) < 4.78 is 0.253. The highest BCUT2D eigenvalue weighted by Gasteiger charge is 2.16. The van der Waals surface area contributed by atoms with Crippen molar-refractivity contribution in [1.29, 1.82) is 0 Å². The molecule has 0 aliphatic heterocycles. The number of aryl methyl sites for hydroxylation is 2. The van der Waals surface area contributed by atoms with Crippen LogP contribution in [0.2, 0.25) is 0 Å². The Labute approximate surface area is 122 Å². The molecule has 0 amide bonds. The predicted octanol–water partition coefficient (Wildman–Crippen LogP) is 3.45. The Hall–Kier alpha value is -0.610. The molecule has 0 spiro atoms.